The van der Waals surface area contributed by atoms with Gasteiger partial charge in [-0.1, -0.05) is 22.0 Å². The minimum atomic E-state index is 0.208. The summed E-state index contributed by atoms with van der Waals surface area (Å²) in [5.74, 6) is 0. The van der Waals surface area contributed by atoms with Crippen molar-refractivity contribution in [1.29, 1.82) is 0 Å². The second kappa shape index (κ2) is 4.17. The molecule has 0 spiro atoms. The van der Waals surface area contributed by atoms with Crippen LogP contribution in [-0.4, -0.2) is 23.1 Å². The largest absolute Gasteiger partial charge is 0.377 e. The molecule has 70 valence electrons. The molecule has 1 N–H and O–H groups in total. The van der Waals surface area contributed by atoms with Crippen LogP contribution in [0.3, 0.4) is 0 Å². The highest BCUT2D eigenvalue weighted by atomic mass is 79.9. The summed E-state index contributed by atoms with van der Waals surface area (Å²) in [4.78, 5) is 4.50. The van der Waals surface area contributed by atoms with Crippen LogP contribution in [0.25, 0.3) is 0 Å². The molecular weight excluding hydrogens is 232 g/mol. The molecule has 3 nitrogen and oxygen atoms in total. The first-order valence-corrected chi connectivity index (χ1v) is 5.16. The van der Waals surface area contributed by atoms with Gasteiger partial charge in [0.05, 0.1) is 29.9 Å². The summed E-state index contributed by atoms with van der Waals surface area (Å²) in [6.07, 6.45) is 1.80. The minimum absolute atomic E-state index is 0.208. The summed E-state index contributed by atoms with van der Waals surface area (Å²) in [5, 5.41) is 3.36. The number of hydrogen-bond donors (Lipinski definition) is 1. The van der Waals surface area contributed by atoms with Crippen molar-refractivity contribution in [1.82, 2.24) is 10.3 Å². The number of alkyl halides is 1. The van der Waals surface area contributed by atoms with E-state index >= 15 is 0 Å². The van der Waals surface area contributed by atoms with Gasteiger partial charge in [-0.05, 0) is 12.1 Å². The van der Waals surface area contributed by atoms with Crippen molar-refractivity contribution in [2.75, 3.05) is 13.2 Å². The molecule has 2 atom stereocenters. The lowest BCUT2D eigenvalue weighted by Gasteiger charge is -2.27. The Labute approximate surface area is 85.6 Å². The van der Waals surface area contributed by atoms with E-state index in [2.05, 4.69) is 26.2 Å². The minimum Gasteiger partial charge on any atom is -0.377 e. The Bertz CT molecular complexity index is 268. The maximum atomic E-state index is 5.40. The monoisotopic (exact) mass is 242 g/mol. The summed E-state index contributed by atoms with van der Waals surface area (Å²) < 4.78 is 5.40. The van der Waals surface area contributed by atoms with Crippen molar-refractivity contribution in [3.05, 3.63) is 30.1 Å². The van der Waals surface area contributed by atoms with Crippen LogP contribution < -0.4 is 5.32 Å². The van der Waals surface area contributed by atoms with Crippen LogP contribution in [0.1, 0.15) is 11.7 Å². The van der Waals surface area contributed by atoms with Crippen LogP contribution in [0.15, 0.2) is 24.4 Å². The van der Waals surface area contributed by atoms with Crippen molar-refractivity contribution in [3.63, 3.8) is 0 Å². The molecule has 1 aromatic rings. The van der Waals surface area contributed by atoms with Crippen molar-refractivity contribution in [2.45, 2.75) is 11.0 Å². The molecule has 0 aliphatic carbocycles. The smallest absolute Gasteiger partial charge is 0.0873 e. The van der Waals surface area contributed by atoms with Gasteiger partial charge in [0.2, 0.25) is 0 Å². The number of ether oxygens (including phenoxy) is 1. The lowest BCUT2D eigenvalue weighted by Crippen LogP contribution is -2.40. The zero-order valence-electron chi connectivity index (χ0n) is 7.11. The number of aromatic nitrogens is 1. The zero-order chi connectivity index (χ0) is 9.10. The van der Waals surface area contributed by atoms with Crippen LogP contribution in [0, 0.1) is 0 Å². The number of halogens is 1. The molecule has 1 fully saturated rings. The van der Waals surface area contributed by atoms with Gasteiger partial charge in [-0.3, -0.25) is 10.3 Å². The van der Waals surface area contributed by atoms with Crippen molar-refractivity contribution in [2.24, 2.45) is 0 Å². The predicted octanol–water partition coefficient (Wildman–Crippen LogP) is 1.46. The third-order valence-corrected chi connectivity index (χ3v) is 2.50. The molecule has 4 heteroatoms. The molecular formula is C9H11BrN2O. The van der Waals surface area contributed by atoms with Gasteiger partial charge in [-0.2, -0.15) is 0 Å². The van der Waals surface area contributed by atoms with Crippen LogP contribution in [0.2, 0.25) is 0 Å². The molecule has 0 amide bonds. The predicted molar refractivity (Wildman–Crippen MR) is 53.6 cm³/mol. The molecule has 0 aromatic carbocycles. The third kappa shape index (κ3) is 2.27. The molecule has 1 saturated heterocycles. The van der Waals surface area contributed by atoms with Gasteiger partial charge in [-0.15, -0.1) is 0 Å². The second-order valence-electron chi connectivity index (χ2n) is 2.98. The number of nitrogens with one attached hydrogen (secondary N) is 1. The Balaban J connectivity index is 2.08. The molecule has 1 aliphatic rings. The Morgan fingerprint density at radius 2 is 2.38 bits per heavy atom. The van der Waals surface area contributed by atoms with Gasteiger partial charge in [0, 0.05) is 6.20 Å². The SMILES string of the molecule is BrC1COCC(c2ccccn2)N1. The van der Waals surface area contributed by atoms with Crippen LogP contribution in [0.4, 0.5) is 0 Å². The summed E-state index contributed by atoms with van der Waals surface area (Å²) in [7, 11) is 0. The Hall–Kier alpha value is -0.450. The molecule has 13 heavy (non-hydrogen) atoms. The summed E-state index contributed by atoms with van der Waals surface area (Å²) in [6, 6.07) is 6.12. The van der Waals surface area contributed by atoms with E-state index in [0.717, 1.165) is 5.69 Å². The fourth-order valence-electron chi connectivity index (χ4n) is 1.36. The Morgan fingerprint density at radius 1 is 1.46 bits per heavy atom. The first kappa shape index (κ1) is 9.12. The second-order valence-corrected chi connectivity index (χ2v) is 4.08. The fourth-order valence-corrected chi connectivity index (χ4v) is 1.86. The number of pyridine rings is 1. The average Bonchev–Trinajstić information content (AvgIpc) is 2.19. The van der Waals surface area contributed by atoms with Crippen molar-refractivity contribution in [3.8, 4) is 0 Å². The lowest BCUT2D eigenvalue weighted by atomic mass is 10.2. The highest BCUT2D eigenvalue weighted by Crippen LogP contribution is 2.16. The van der Waals surface area contributed by atoms with Crippen LogP contribution in [-0.2, 0) is 4.74 Å². The van der Waals surface area contributed by atoms with Crippen LogP contribution in [0.5, 0.6) is 0 Å². The van der Waals surface area contributed by atoms with E-state index in [4.69, 9.17) is 4.74 Å². The van der Waals surface area contributed by atoms with E-state index in [9.17, 15) is 0 Å². The summed E-state index contributed by atoms with van der Waals surface area (Å²) in [6.45, 7) is 1.41. The summed E-state index contributed by atoms with van der Waals surface area (Å²) in [5.41, 5.74) is 1.03. The average molecular weight is 243 g/mol. The first-order chi connectivity index (χ1) is 6.36. The Morgan fingerprint density at radius 3 is 3.08 bits per heavy atom. The summed E-state index contributed by atoms with van der Waals surface area (Å²) >= 11 is 3.46. The highest BCUT2D eigenvalue weighted by molar-refractivity contribution is 9.09. The van der Waals surface area contributed by atoms with Gasteiger partial charge in [0.1, 0.15) is 0 Å². The van der Waals surface area contributed by atoms with Gasteiger partial charge in [-0.25, -0.2) is 0 Å². The third-order valence-electron chi connectivity index (χ3n) is 1.98. The molecule has 2 unspecified atom stereocenters. The number of rotatable bonds is 1. The quantitative estimate of drug-likeness (QED) is 0.599. The fraction of sp³-hybridized carbons (Fsp3) is 0.444. The zero-order valence-corrected chi connectivity index (χ0v) is 8.70. The molecule has 0 bridgehead atoms. The standard InChI is InChI=1S/C9H11BrN2O/c10-9-6-13-5-8(12-9)7-3-1-2-4-11-7/h1-4,8-9,12H,5-6H2. The van der Waals surface area contributed by atoms with Gasteiger partial charge < -0.3 is 4.74 Å². The topological polar surface area (TPSA) is 34.1 Å². The Kier molecular flexibility index (Phi) is 2.93. The van der Waals surface area contributed by atoms with E-state index in [1.54, 1.807) is 6.20 Å². The molecule has 2 heterocycles. The highest BCUT2D eigenvalue weighted by Gasteiger charge is 2.21. The molecule has 0 radical (unpaired) electrons. The first-order valence-electron chi connectivity index (χ1n) is 4.25. The van der Waals surface area contributed by atoms with E-state index in [1.807, 2.05) is 18.2 Å². The molecule has 1 aliphatic heterocycles. The number of hydrogen-bond acceptors (Lipinski definition) is 3. The van der Waals surface area contributed by atoms with Gasteiger partial charge in [0.25, 0.3) is 0 Å². The van der Waals surface area contributed by atoms with Crippen molar-refractivity contribution >= 4 is 15.9 Å². The number of morpholine rings is 1. The van der Waals surface area contributed by atoms with Crippen molar-refractivity contribution < 1.29 is 4.74 Å². The normalized spacial score (nSPS) is 28.7. The van der Waals surface area contributed by atoms with Crippen LogP contribution >= 0.6 is 15.9 Å². The van der Waals surface area contributed by atoms with E-state index in [1.165, 1.54) is 0 Å². The molecule has 2 rings (SSSR count). The molecule has 1 aromatic heterocycles. The van der Waals surface area contributed by atoms with Gasteiger partial charge in [0.15, 0.2) is 0 Å². The lowest BCUT2D eigenvalue weighted by molar-refractivity contribution is 0.0685. The van der Waals surface area contributed by atoms with Gasteiger partial charge >= 0.3 is 0 Å². The maximum Gasteiger partial charge on any atom is 0.0873 e. The van der Waals surface area contributed by atoms with E-state index in [-0.39, 0.29) is 11.0 Å². The molecule has 0 saturated carbocycles. The number of nitrogens with zero attached hydrogens (tertiary/aromatic N) is 1. The van der Waals surface area contributed by atoms with E-state index < -0.39 is 0 Å². The van der Waals surface area contributed by atoms with E-state index in [0.29, 0.717) is 13.2 Å². The maximum absolute atomic E-state index is 5.40.